The Morgan fingerprint density at radius 2 is 1.65 bits per heavy atom. The molecule has 1 fully saturated rings. The zero-order valence-corrected chi connectivity index (χ0v) is 16.4. The molecule has 2 N–H and O–H groups in total. The van der Waals surface area contributed by atoms with Crippen LogP contribution in [0.15, 0.2) is 0 Å². The van der Waals surface area contributed by atoms with Gasteiger partial charge in [0.25, 0.3) is 0 Å². The van der Waals surface area contributed by atoms with Gasteiger partial charge in [-0.1, -0.05) is 52.5 Å². The Hall–Kier alpha value is -0.260. The van der Waals surface area contributed by atoms with Gasteiger partial charge in [0.15, 0.2) is 0 Å². The first-order chi connectivity index (χ1) is 11.0. The van der Waals surface area contributed by atoms with Gasteiger partial charge >= 0.3 is 0 Å². The number of carbonyl (C=O) groups excluding carboxylic acids is 1. The summed E-state index contributed by atoms with van der Waals surface area (Å²) in [4.78, 5) is 12.2. The van der Waals surface area contributed by atoms with E-state index >= 15 is 0 Å². The largest absolute Gasteiger partial charge is 0.356 e. The quantitative estimate of drug-likeness (QED) is 0.446. The number of nitrogens with one attached hydrogen (secondary N) is 2. The molecule has 1 heterocycles. The van der Waals surface area contributed by atoms with Gasteiger partial charge in [-0.15, -0.1) is 0 Å². The summed E-state index contributed by atoms with van der Waals surface area (Å²) in [5, 5.41) is 7.21. The minimum Gasteiger partial charge on any atom is -0.356 e. The minimum absolute atomic E-state index is 0.231. The van der Waals surface area contributed by atoms with E-state index in [4.69, 9.17) is 0 Å². The monoisotopic (exact) mass is 343 g/mol. The van der Waals surface area contributed by atoms with Gasteiger partial charge in [-0.3, -0.25) is 9.10 Å². The van der Waals surface area contributed by atoms with E-state index in [0.717, 1.165) is 45.4 Å². The van der Waals surface area contributed by atoms with Crippen LogP contribution in [0.2, 0.25) is 0 Å². The molecule has 5 heteroatoms. The van der Waals surface area contributed by atoms with Crippen LogP contribution in [0, 0.1) is 5.92 Å². The second-order valence-corrected chi connectivity index (χ2v) is 8.84. The summed E-state index contributed by atoms with van der Waals surface area (Å²) in [5.41, 5.74) is 0. The smallest absolute Gasteiger partial charge is 0.223 e. The second kappa shape index (κ2) is 12.2. The highest BCUT2D eigenvalue weighted by Gasteiger charge is 2.25. The zero-order valence-electron chi connectivity index (χ0n) is 15.6. The van der Waals surface area contributed by atoms with Gasteiger partial charge in [-0.25, -0.2) is 0 Å². The van der Waals surface area contributed by atoms with E-state index in [9.17, 15) is 4.79 Å². The van der Waals surface area contributed by atoms with Crippen LogP contribution in [0.3, 0.4) is 0 Å². The molecule has 1 aliphatic heterocycles. The van der Waals surface area contributed by atoms with Crippen molar-refractivity contribution in [1.82, 2.24) is 14.9 Å². The first-order valence-corrected chi connectivity index (χ1v) is 10.3. The molecule has 0 bridgehead atoms. The molecule has 1 saturated heterocycles. The Bertz CT molecular complexity index is 315. The van der Waals surface area contributed by atoms with Crippen LogP contribution < -0.4 is 10.6 Å². The maximum Gasteiger partial charge on any atom is 0.223 e. The fourth-order valence-corrected chi connectivity index (χ4v) is 3.89. The normalized spacial score (nSPS) is 17.1. The fraction of sp³-hybridized carbons (Fsp3) is 0.944. The molecule has 0 atom stereocenters. The fourth-order valence-electron chi connectivity index (χ4n) is 2.87. The highest BCUT2D eigenvalue weighted by atomic mass is 32.2. The third kappa shape index (κ3) is 10.3. The lowest BCUT2D eigenvalue weighted by atomic mass is 9.97. The van der Waals surface area contributed by atoms with Crippen LogP contribution in [0.4, 0.5) is 0 Å². The molecule has 0 aliphatic carbocycles. The molecule has 0 saturated carbocycles. The van der Waals surface area contributed by atoms with Crippen LogP contribution in [-0.2, 0) is 4.79 Å². The van der Waals surface area contributed by atoms with Crippen molar-refractivity contribution in [2.75, 3.05) is 26.2 Å². The predicted octanol–water partition coefficient (Wildman–Crippen LogP) is 3.43. The lowest BCUT2D eigenvalue weighted by molar-refractivity contribution is -0.126. The van der Waals surface area contributed by atoms with Crippen molar-refractivity contribution < 1.29 is 4.79 Å². The Morgan fingerprint density at radius 1 is 1.04 bits per heavy atom. The van der Waals surface area contributed by atoms with Crippen LogP contribution in [-0.4, -0.2) is 47.7 Å². The Labute approximate surface area is 147 Å². The highest BCUT2D eigenvalue weighted by Crippen LogP contribution is 2.25. The van der Waals surface area contributed by atoms with Crippen LogP contribution >= 0.6 is 11.9 Å². The summed E-state index contributed by atoms with van der Waals surface area (Å²) in [6, 6.07) is 0.583. The summed E-state index contributed by atoms with van der Waals surface area (Å²) in [6.07, 6.45) is 6.82. The van der Waals surface area contributed by atoms with Gasteiger partial charge < -0.3 is 10.6 Å². The number of nitrogens with zero attached hydrogens (tertiary/aromatic N) is 1. The zero-order chi connectivity index (χ0) is 17.1. The van der Waals surface area contributed by atoms with Gasteiger partial charge in [0.2, 0.25) is 5.91 Å². The molecule has 136 valence electrons. The van der Waals surface area contributed by atoms with E-state index in [1.807, 2.05) is 11.9 Å². The lowest BCUT2D eigenvalue weighted by Crippen LogP contribution is -2.38. The molecule has 23 heavy (non-hydrogen) atoms. The summed E-state index contributed by atoms with van der Waals surface area (Å²) in [7, 11) is 0. The molecule has 1 amide bonds. The maximum atomic E-state index is 12.2. The second-order valence-electron chi connectivity index (χ2n) is 7.17. The van der Waals surface area contributed by atoms with Crippen molar-refractivity contribution in [2.24, 2.45) is 5.92 Å². The maximum absolute atomic E-state index is 12.2. The number of hydrogen-bond donors (Lipinski definition) is 2. The molecule has 0 spiro atoms. The van der Waals surface area contributed by atoms with E-state index in [1.54, 1.807) is 0 Å². The van der Waals surface area contributed by atoms with Gasteiger partial charge in [0.1, 0.15) is 0 Å². The van der Waals surface area contributed by atoms with Crippen molar-refractivity contribution in [2.45, 2.75) is 77.5 Å². The number of rotatable bonds is 11. The molecular formula is C18H37N3OS. The average molecular weight is 344 g/mol. The first kappa shape index (κ1) is 20.8. The van der Waals surface area contributed by atoms with Crippen molar-refractivity contribution in [1.29, 1.82) is 0 Å². The Kier molecular flexibility index (Phi) is 11.0. The molecule has 0 aromatic rings. The summed E-state index contributed by atoms with van der Waals surface area (Å²) >= 11 is 1.92. The van der Waals surface area contributed by atoms with Gasteiger partial charge in [0.05, 0.1) is 0 Å². The van der Waals surface area contributed by atoms with Crippen molar-refractivity contribution in [3.05, 3.63) is 0 Å². The molecule has 0 radical (unpaired) electrons. The van der Waals surface area contributed by atoms with E-state index in [0.29, 0.717) is 11.3 Å². The highest BCUT2D eigenvalue weighted by molar-refractivity contribution is 7.97. The topological polar surface area (TPSA) is 44.4 Å². The number of piperidine rings is 1. The van der Waals surface area contributed by atoms with Crippen LogP contribution in [0.5, 0.6) is 0 Å². The van der Waals surface area contributed by atoms with Crippen molar-refractivity contribution in [3.8, 4) is 0 Å². The summed E-state index contributed by atoms with van der Waals surface area (Å²) in [6.45, 7) is 12.9. The lowest BCUT2D eigenvalue weighted by Gasteiger charge is -2.31. The summed E-state index contributed by atoms with van der Waals surface area (Å²) < 4.78 is 2.42. The standard InChI is InChI=1S/C18H37N3OS/c1-15(2)19-11-7-5-6-8-12-20-18(22)17-9-13-21(14-10-17)23-16(3)4/h15-17,19H,5-14H2,1-4H3,(H,20,22). The molecule has 1 rings (SSSR count). The van der Waals surface area contributed by atoms with Crippen molar-refractivity contribution >= 4 is 17.9 Å². The van der Waals surface area contributed by atoms with Gasteiger partial charge in [0, 0.05) is 36.8 Å². The first-order valence-electron chi connectivity index (χ1n) is 9.42. The van der Waals surface area contributed by atoms with Crippen LogP contribution in [0.1, 0.15) is 66.2 Å². The third-order valence-corrected chi connectivity index (χ3v) is 5.22. The molecule has 0 unspecified atom stereocenters. The Morgan fingerprint density at radius 3 is 2.22 bits per heavy atom. The van der Waals surface area contributed by atoms with E-state index in [-0.39, 0.29) is 11.8 Å². The Balaban J connectivity index is 1.98. The van der Waals surface area contributed by atoms with E-state index in [2.05, 4.69) is 42.6 Å². The minimum atomic E-state index is 0.231. The molecule has 1 aliphatic rings. The molecule has 0 aromatic carbocycles. The van der Waals surface area contributed by atoms with Gasteiger partial charge in [-0.2, -0.15) is 0 Å². The number of amides is 1. The predicted molar refractivity (Wildman–Crippen MR) is 102 cm³/mol. The van der Waals surface area contributed by atoms with Gasteiger partial charge in [-0.05, 0) is 32.2 Å². The molecule has 0 aromatic heterocycles. The third-order valence-electron chi connectivity index (χ3n) is 4.14. The molecular weight excluding hydrogens is 306 g/mol. The molecule has 4 nitrogen and oxygen atoms in total. The number of hydrogen-bond acceptors (Lipinski definition) is 4. The number of carbonyl (C=O) groups is 1. The average Bonchev–Trinajstić information content (AvgIpc) is 2.49. The van der Waals surface area contributed by atoms with Crippen molar-refractivity contribution in [3.63, 3.8) is 0 Å². The SMILES string of the molecule is CC(C)NCCCCCCNC(=O)C1CCN(SC(C)C)CC1. The summed E-state index contributed by atoms with van der Waals surface area (Å²) in [5.74, 6) is 0.509. The van der Waals surface area contributed by atoms with E-state index < -0.39 is 0 Å². The number of unbranched alkanes of at least 4 members (excludes halogenated alkanes) is 3. The van der Waals surface area contributed by atoms with E-state index in [1.165, 1.54) is 19.3 Å². The van der Waals surface area contributed by atoms with Crippen LogP contribution in [0.25, 0.3) is 0 Å².